The standard InChI is InChI=1S/C14H23N3O2/c1-4-5-16-11-6-12(8-15-7-11)17-9-13(18-2)14(10-17)19-3/h6-8,13-14,16H,4-5,9-10H2,1-3H3. The third-order valence-corrected chi connectivity index (χ3v) is 3.49. The summed E-state index contributed by atoms with van der Waals surface area (Å²) in [6.07, 6.45) is 5.10. The van der Waals surface area contributed by atoms with Crippen molar-refractivity contribution in [2.45, 2.75) is 25.6 Å². The van der Waals surface area contributed by atoms with E-state index in [0.717, 1.165) is 37.4 Å². The van der Waals surface area contributed by atoms with Crippen molar-refractivity contribution in [1.82, 2.24) is 4.98 Å². The largest absolute Gasteiger partial charge is 0.384 e. The summed E-state index contributed by atoms with van der Waals surface area (Å²) in [5.41, 5.74) is 2.18. The zero-order valence-corrected chi connectivity index (χ0v) is 11.9. The molecule has 2 atom stereocenters. The molecule has 0 radical (unpaired) electrons. The number of nitrogens with zero attached hydrogens (tertiary/aromatic N) is 2. The molecular formula is C14H23N3O2. The first-order chi connectivity index (χ1) is 9.28. The molecule has 0 bridgehead atoms. The number of anilines is 2. The average Bonchev–Trinajstić information content (AvgIpc) is 2.88. The van der Waals surface area contributed by atoms with Gasteiger partial charge in [0, 0.05) is 33.9 Å². The molecule has 1 aromatic heterocycles. The number of hydrogen-bond donors (Lipinski definition) is 1. The van der Waals surface area contributed by atoms with Crippen LogP contribution in [0.15, 0.2) is 18.5 Å². The van der Waals surface area contributed by atoms with Crippen molar-refractivity contribution in [2.24, 2.45) is 0 Å². The Hall–Kier alpha value is -1.33. The molecule has 1 aromatic rings. The lowest BCUT2D eigenvalue weighted by Crippen LogP contribution is -2.27. The van der Waals surface area contributed by atoms with Gasteiger partial charge in [-0.3, -0.25) is 4.98 Å². The van der Waals surface area contributed by atoms with Crippen LogP contribution >= 0.6 is 0 Å². The first kappa shape index (κ1) is 14.1. The minimum Gasteiger partial charge on any atom is -0.384 e. The van der Waals surface area contributed by atoms with E-state index in [4.69, 9.17) is 9.47 Å². The fraction of sp³-hybridized carbons (Fsp3) is 0.643. The van der Waals surface area contributed by atoms with Crippen LogP contribution in [0.4, 0.5) is 11.4 Å². The number of ether oxygens (including phenoxy) is 2. The zero-order valence-electron chi connectivity index (χ0n) is 11.9. The second-order valence-corrected chi connectivity index (χ2v) is 4.81. The molecule has 1 aliphatic heterocycles. The SMILES string of the molecule is CCCNc1cncc(N2CC(OC)C(OC)C2)c1. The summed E-state index contributed by atoms with van der Waals surface area (Å²) < 4.78 is 10.9. The van der Waals surface area contributed by atoms with Gasteiger partial charge in [-0.1, -0.05) is 6.92 Å². The van der Waals surface area contributed by atoms with E-state index < -0.39 is 0 Å². The monoisotopic (exact) mass is 265 g/mol. The average molecular weight is 265 g/mol. The number of aromatic nitrogens is 1. The van der Waals surface area contributed by atoms with Gasteiger partial charge in [0.1, 0.15) is 12.2 Å². The Balaban J connectivity index is 2.05. The lowest BCUT2D eigenvalue weighted by molar-refractivity contribution is -0.00461. The van der Waals surface area contributed by atoms with Gasteiger partial charge in [-0.15, -0.1) is 0 Å². The van der Waals surface area contributed by atoms with Crippen molar-refractivity contribution >= 4 is 11.4 Å². The predicted molar refractivity (Wildman–Crippen MR) is 76.8 cm³/mol. The second-order valence-electron chi connectivity index (χ2n) is 4.81. The number of nitrogens with one attached hydrogen (secondary N) is 1. The molecule has 2 unspecified atom stereocenters. The van der Waals surface area contributed by atoms with Crippen LogP contribution < -0.4 is 10.2 Å². The van der Waals surface area contributed by atoms with Crippen molar-refractivity contribution in [1.29, 1.82) is 0 Å². The molecule has 0 amide bonds. The Morgan fingerprint density at radius 2 is 1.95 bits per heavy atom. The minimum atomic E-state index is 0.122. The Morgan fingerprint density at radius 1 is 1.26 bits per heavy atom. The minimum absolute atomic E-state index is 0.122. The van der Waals surface area contributed by atoms with E-state index >= 15 is 0 Å². The molecule has 0 saturated carbocycles. The Morgan fingerprint density at radius 3 is 2.53 bits per heavy atom. The summed E-state index contributed by atoms with van der Waals surface area (Å²) in [5, 5.41) is 3.36. The zero-order chi connectivity index (χ0) is 13.7. The fourth-order valence-corrected chi connectivity index (χ4v) is 2.37. The molecule has 0 aliphatic carbocycles. The maximum atomic E-state index is 5.46. The maximum Gasteiger partial charge on any atom is 0.102 e. The summed E-state index contributed by atoms with van der Waals surface area (Å²) in [6.45, 7) is 4.80. The van der Waals surface area contributed by atoms with Gasteiger partial charge >= 0.3 is 0 Å². The summed E-state index contributed by atoms with van der Waals surface area (Å²) in [5.74, 6) is 0. The molecule has 1 aliphatic rings. The van der Waals surface area contributed by atoms with Gasteiger partial charge < -0.3 is 19.7 Å². The van der Waals surface area contributed by atoms with Crippen molar-refractivity contribution in [2.75, 3.05) is 44.1 Å². The van der Waals surface area contributed by atoms with E-state index in [9.17, 15) is 0 Å². The van der Waals surface area contributed by atoms with E-state index in [1.165, 1.54) is 0 Å². The van der Waals surface area contributed by atoms with Crippen LogP contribution in [0.3, 0.4) is 0 Å². The van der Waals surface area contributed by atoms with Crippen LogP contribution in [0.25, 0.3) is 0 Å². The number of hydrogen-bond acceptors (Lipinski definition) is 5. The van der Waals surface area contributed by atoms with Gasteiger partial charge in [0.15, 0.2) is 0 Å². The van der Waals surface area contributed by atoms with Gasteiger partial charge in [0.2, 0.25) is 0 Å². The van der Waals surface area contributed by atoms with Crippen molar-refractivity contribution in [3.8, 4) is 0 Å². The quantitative estimate of drug-likeness (QED) is 0.849. The predicted octanol–water partition coefficient (Wildman–Crippen LogP) is 1.75. The first-order valence-corrected chi connectivity index (χ1v) is 6.78. The van der Waals surface area contributed by atoms with Gasteiger partial charge in [-0.2, -0.15) is 0 Å². The Kier molecular flexibility index (Phi) is 4.99. The second kappa shape index (κ2) is 6.73. The highest BCUT2D eigenvalue weighted by Crippen LogP contribution is 2.24. The van der Waals surface area contributed by atoms with Gasteiger partial charge in [0.05, 0.1) is 23.8 Å². The third kappa shape index (κ3) is 3.36. The van der Waals surface area contributed by atoms with Crippen LogP contribution in [-0.4, -0.2) is 51.0 Å². The smallest absolute Gasteiger partial charge is 0.102 e. The van der Waals surface area contributed by atoms with Crippen molar-refractivity contribution in [3.05, 3.63) is 18.5 Å². The highest BCUT2D eigenvalue weighted by molar-refractivity contribution is 5.56. The molecule has 1 fully saturated rings. The Bertz CT molecular complexity index is 388. The van der Waals surface area contributed by atoms with Crippen LogP contribution in [0, 0.1) is 0 Å². The van der Waals surface area contributed by atoms with Crippen molar-refractivity contribution in [3.63, 3.8) is 0 Å². The van der Waals surface area contributed by atoms with E-state index in [-0.39, 0.29) is 12.2 Å². The lowest BCUT2D eigenvalue weighted by atomic mass is 10.3. The van der Waals surface area contributed by atoms with Gasteiger partial charge in [-0.05, 0) is 12.5 Å². The van der Waals surface area contributed by atoms with Crippen LogP contribution in [-0.2, 0) is 9.47 Å². The fourth-order valence-electron chi connectivity index (χ4n) is 2.37. The molecule has 2 rings (SSSR count). The van der Waals surface area contributed by atoms with Gasteiger partial charge in [0.25, 0.3) is 0 Å². The van der Waals surface area contributed by atoms with E-state index in [2.05, 4.69) is 28.2 Å². The molecule has 5 nitrogen and oxygen atoms in total. The van der Waals surface area contributed by atoms with Gasteiger partial charge in [-0.25, -0.2) is 0 Å². The maximum absolute atomic E-state index is 5.46. The molecule has 2 heterocycles. The first-order valence-electron chi connectivity index (χ1n) is 6.78. The summed E-state index contributed by atoms with van der Waals surface area (Å²) >= 11 is 0. The van der Waals surface area contributed by atoms with E-state index in [1.54, 1.807) is 14.2 Å². The molecule has 1 saturated heterocycles. The molecule has 5 heteroatoms. The normalized spacial score (nSPS) is 22.8. The molecular weight excluding hydrogens is 242 g/mol. The lowest BCUT2D eigenvalue weighted by Gasteiger charge is -2.18. The summed E-state index contributed by atoms with van der Waals surface area (Å²) in [6, 6.07) is 2.13. The van der Waals surface area contributed by atoms with Crippen LogP contribution in [0.2, 0.25) is 0 Å². The highest BCUT2D eigenvalue weighted by atomic mass is 16.5. The molecule has 19 heavy (non-hydrogen) atoms. The van der Waals surface area contributed by atoms with Crippen molar-refractivity contribution < 1.29 is 9.47 Å². The Labute approximate surface area is 114 Å². The van der Waals surface area contributed by atoms with E-state index in [1.807, 2.05) is 12.4 Å². The number of pyridine rings is 1. The molecule has 0 aromatic carbocycles. The van der Waals surface area contributed by atoms with E-state index in [0.29, 0.717) is 0 Å². The van der Waals surface area contributed by atoms with Crippen LogP contribution in [0.1, 0.15) is 13.3 Å². The molecule has 106 valence electrons. The highest BCUT2D eigenvalue weighted by Gasteiger charge is 2.33. The number of methoxy groups -OCH3 is 2. The summed E-state index contributed by atoms with van der Waals surface area (Å²) in [4.78, 5) is 6.55. The molecule has 0 spiro atoms. The third-order valence-electron chi connectivity index (χ3n) is 3.49. The number of rotatable bonds is 6. The summed E-state index contributed by atoms with van der Waals surface area (Å²) in [7, 11) is 3.47. The topological polar surface area (TPSA) is 46.6 Å². The van der Waals surface area contributed by atoms with Crippen LogP contribution in [0.5, 0.6) is 0 Å². The molecule has 1 N–H and O–H groups in total.